The van der Waals surface area contributed by atoms with E-state index in [1.807, 2.05) is 7.05 Å². The molecule has 2 saturated carbocycles. The summed E-state index contributed by atoms with van der Waals surface area (Å²) < 4.78 is 0. The second-order valence-electron chi connectivity index (χ2n) is 6.85. The lowest BCUT2D eigenvalue weighted by Gasteiger charge is -2.41. The fourth-order valence-electron chi connectivity index (χ4n) is 3.39. The van der Waals surface area contributed by atoms with E-state index in [-0.39, 0.29) is 5.54 Å². The van der Waals surface area contributed by atoms with Gasteiger partial charge in [0.25, 0.3) is 0 Å². The van der Waals surface area contributed by atoms with Gasteiger partial charge in [0, 0.05) is 12.1 Å². The topological polar surface area (TPSA) is 39.1 Å². The van der Waals surface area contributed by atoms with Crippen molar-refractivity contribution < 1.29 is 0 Å². The van der Waals surface area contributed by atoms with Crippen molar-refractivity contribution in [3.05, 3.63) is 0 Å². The minimum Gasteiger partial charge on any atom is -0.302 e. The third kappa shape index (κ3) is 3.70. The molecule has 2 atom stereocenters. The van der Waals surface area contributed by atoms with Crippen LogP contribution >= 0.6 is 0 Å². The largest absolute Gasteiger partial charge is 0.302 e. The SMILES string of the molecule is CNC1(C#N)CCCC(N(CCC(C)C)C2CC2)C1. The minimum atomic E-state index is -0.270. The van der Waals surface area contributed by atoms with Crippen LogP contribution in [0.1, 0.15) is 58.8 Å². The Kier molecular flexibility index (Phi) is 4.86. The maximum Gasteiger partial charge on any atom is 0.108 e. The van der Waals surface area contributed by atoms with E-state index in [2.05, 4.69) is 30.1 Å². The van der Waals surface area contributed by atoms with E-state index in [0.717, 1.165) is 24.8 Å². The predicted octanol–water partition coefficient (Wildman–Crippen LogP) is 2.92. The quantitative estimate of drug-likeness (QED) is 0.801. The summed E-state index contributed by atoms with van der Waals surface area (Å²) >= 11 is 0. The van der Waals surface area contributed by atoms with Crippen molar-refractivity contribution in [1.82, 2.24) is 10.2 Å². The van der Waals surface area contributed by atoms with E-state index in [0.29, 0.717) is 6.04 Å². The summed E-state index contributed by atoms with van der Waals surface area (Å²) in [6.45, 7) is 5.83. The third-order valence-corrected chi connectivity index (χ3v) is 4.87. The molecular weight excluding hydrogens is 234 g/mol. The molecule has 0 aromatic heterocycles. The zero-order valence-electron chi connectivity index (χ0n) is 12.8. The third-order valence-electron chi connectivity index (χ3n) is 4.87. The molecule has 2 aliphatic carbocycles. The van der Waals surface area contributed by atoms with Gasteiger partial charge in [-0.3, -0.25) is 4.90 Å². The molecule has 1 N–H and O–H groups in total. The number of nitrogens with zero attached hydrogens (tertiary/aromatic N) is 2. The highest BCUT2D eigenvalue weighted by molar-refractivity contribution is 5.11. The Morgan fingerprint density at radius 3 is 2.58 bits per heavy atom. The van der Waals surface area contributed by atoms with Crippen LogP contribution in [0.4, 0.5) is 0 Å². The number of hydrogen-bond acceptors (Lipinski definition) is 3. The molecule has 3 heteroatoms. The second kappa shape index (κ2) is 6.24. The molecule has 0 aliphatic heterocycles. The highest BCUT2D eigenvalue weighted by Gasteiger charge is 2.41. The van der Waals surface area contributed by atoms with Gasteiger partial charge in [-0.2, -0.15) is 5.26 Å². The molecule has 2 aliphatic rings. The van der Waals surface area contributed by atoms with Crippen LogP contribution in [0.3, 0.4) is 0 Å². The van der Waals surface area contributed by atoms with Crippen LogP contribution in [0.5, 0.6) is 0 Å². The van der Waals surface area contributed by atoms with Gasteiger partial charge in [0.05, 0.1) is 6.07 Å². The monoisotopic (exact) mass is 263 g/mol. The van der Waals surface area contributed by atoms with Crippen LogP contribution in [0.25, 0.3) is 0 Å². The fraction of sp³-hybridized carbons (Fsp3) is 0.938. The highest BCUT2D eigenvalue weighted by atomic mass is 15.2. The first-order valence-corrected chi connectivity index (χ1v) is 7.96. The van der Waals surface area contributed by atoms with E-state index in [9.17, 15) is 5.26 Å². The Hall–Kier alpha value is -0.590. The molecule has 0 heterocycles. The van der Waals surface area contributed by atoms with E-state index in [4.69, 9.17) is 0 Å². The summed E-state index contributed by atoms with van der Waals surface area (Å²) in [5.41, 5.74) is -0.270. The zero-order valence-corrected chi connectivity index (χ0v) is 12.8. The zero-order chi connectivity index (χ0) is 13.9. The smallest absolute Gasteiger partial charge is 0.108 e. The van der Waals surface area contributed by atoms with Crippen LogP contribution in [0, 0.1) is 17.2 Å². The molecule has 0 radical (unpaired) electrons. The van der Waals surface area contributed by atoms with Crippen molar-refractivity contribution in [2.75, 3.05) is 13.6 Å². The summed E-state index contributed by atoms with van der Waals surface area (Å²) in [6, 6.07) is 3.97. The molecular formula is C16H29N3. The van der Waals surface area contributed by atoms with Gasteiger partial charge in [-0.15, -0.1) is 0 Å². The van der Waals surface area contributed by atoms with Crippen LogP contribution in [-0.2, 0) is 0 Å². The summed E-state index contributed by atoms with van der Waals surface area (Å²) in [5.74, 6) is 0.773. The van der Waals surface area contributed by atoms with Crippen molar-refractivity contribution in [2.45, 2.75) is 76.4 Å². The first-order valence-electron chi connectivity index (χ1n) is 7.96. The van der Waals surface area contributed by atoms with Crippen molar-refractivity contribution in [2.24, 2.45) is 5.92 Å². The molecule has 0 aromatic rings. The molecule has 3 nitrogen and oxygen atoms in total. The van der Waals surface area contributed by atoms with E-state index >= 15 is 0 Å². The fourth-order valence-corrected chi connectivity index (χ4v) is 3.39. The first kappa shape index (κ1) is 14.8. The van der Waals surface area contributed by atoms with Gasteiger partial charge >= 0.3 is 0 Å². The van der Waals surface area contributed by atoms with Gasteiger partial charge < -0.3 is 5.32 Å². The first-order chi connectivity index (χ1) is 9.10. The van der Waals surface area contributed by atoms with Gasteiger partial charge in [-0.1, -0.05) is 13.8 Å². The molecule has 2 rings (SSSR count). The second-order valence-corrected chi connectivity index (χ2v) is 6.85. The Balaban J connectivity index is 1.99. The lowest BCUT2D eigenvalue weighted by atomic mass is 9.79. The minimum absolute atomic E-state index is 0.270. The Morgan fingerprint density at radius 2 is 2.05 bits per heavy atom. The van der Waals surface area contributed by atoms with Crippen molar-refractivity contribution >= 4 is 0 Å². The molecule has 19 heavy (non-hydrogen) atoms. The number of hydrogen-bond donors (Lipinski definition) is 1. The van der Waals surface area contributed by atoms with Crippen molar-refractivity contribution in [3.8, 4) is 6.07 Å². The number of nitrogens with one attached hydrogen (secondary N) is 1. The average molecular weight is 263 g/mol. The Morgan fingerprint density at radius 1 is 1.32 bits per heavy atom. The molecule has 0 saturated heterocycles. The number of nitriles is 1. The lowest BCUT2D eigenvalue weighted by molar-refractivity contribution is 0.110. The lowest BCUT2D eigenvalue weighted by Crippen LogP contribution is -2.52. The summed E-state index contributed by atoms with van der Waals surface area (Å²) in [5, 5.41) is 12.8. The maximum absolute atomic E-state index is 9.48. The molecule has 0 amide bonds. The van der Waals surface area contributed by atoms with E-state index < -0.39 is 0 Å². The summed E-state index contributed by atoms with van der Waals surface area (Å²) in [6.07, 6.45) is 8.50. The molecule has 0 aromatic carbocycles. The van der Waals surface area contributed by atoms with E-state index in [1.54, 1.807) is 0 Å². The standard InChI is InChI=1S/C16H29N3/c1-13(2)8-10-19(14-6-7-14)15-5-4-9-16(11-15,12-17)18-3/h13-15,18H,4-11H2,1-3H3. The van der Waals surface area contributed by atoms with Crippen molar-refractivity contribution in [3.63, 3.8) is 0 Å². The number of rotatable bonds is 6. The van der Waals surface area contributed by atoms with Gasteiger partial charge in [-0.25, -0.2) is 0 Å². The molecule has 0 bridgehead atoms. The van der Waals surface area contributed by atoms with Gasteiger partial charge in [0.1, 0.15) is 5.54 Å². The van der Waals surface area contributed by atoms with Gasteiger partial charge in [0.15, 0.2) is 0 Å². The van der Waals surface area contributed by atoms with E-state index in [1.165, 1.54) is 38.6 Å². The van der Waals surface area contributed by atoms with Crippen LogP contribution in [0.15, 0.2) is 0 Å². The molecule has 2 fully saturated rings. The van der Waals surface area contributed by atoms with Gasteiger partial charge in [-0.05, 0) is 64.5 Å². The summed E-state index contributed by atoms with van der Waals surface area (Å²) in [4.78, 5) is 2.72. The van der Waals surface area contributed by atoms with Crippen molar-refractivity contribution in [1.29, 1.82) is 5.26 Å². The van der Waals surface area contributed by atoms with Gasteiger partial charge in [0.2, 0.25) is 0 Å². The van der Waals surface area contributed by atoms with Crippen LogP contribution in [0.2, 0.25) is 0 Å². The average Bonchev–Trinajstić information content (AvgIpc) is 3.23. The Labute approximate surface area is 118 Å². The molecule has 108 valence electrons. The predicted molar refractivity (Wildman–Crippen MR) is 78.8 cm³/mol. The van der Waals surface area contributed by atoms with Crippen LogP contribution in [-0.4, -0.2) is 36.1 Å². The highest BCUT2D eigenvalue weighted by Crippen LogP contribution is 2.37. The van der Waals surface area contributed by atoms with Crippen LogP contribution < -0.4 is 5.32 Å². The summed E-state index contributed by atoms with van der Waals surface area (Å²) in [7, 11) is 1.95. The normalized spacial score (nSPS) is 31.7. The molecule has 2 unspecified atom stereocenters. The maximum atomic E-state index is 9.48. The molecule has 0 spiro atoms. The Bertz CT molecular complexity index is 329.